The second kappa shape index (κ2) is 9.19. The summed E-state index contributed by atoms with van der Waals surface area (Å²) in [4.78, 5) is 23.1. The van der Waals surface area contributed by atoms with Gasteiger partial charge in [-0.25, -0.2) is 0 Å². The maximum Gasteiger partial charge on any atom is 0.309 e. The minimum absolute atomic E-state index is 0.101. The van der Waals surface area contributed by atoms with Crippen LogP contribution in [0.5, 0.6) is 11.5 Å². The Bertz CT molecular complexity index is 766. The third-order valence-electron chi connectivity index (χ3n) is 4.07. The number of rotatable bonds is 9. The van der Waals surface area contributed by atoms with Crippen LogP contribution in [-0.2, 0) is 20.7 Å². The minimum atomic E-state index is -1.11. The quantitative estimate of drug-likeness (QED) is 0.693. The molecule has 0 spiro atoms. The van der Waals surface area contributed by atoms with E-state index >= 15 is 0 Å². The average molecular weight is 371 g/mol. The van der Waals surface area contributed by atoms with Crippen LogP contribution in [-0.4, -0.2) is 30.7 Å². The molecule has 0 atom stereocenters. The van der Waals surface area contributed by atoms with Crippen molar-refractivity contribution in [2.75, 3.05) is 19.0 Å². The van der Waals surface area contributed by atoms with Crippen molar-refractivity contribution in [3.8, 4) is 11.5 Å². The minimum Gasteiger partial charge on any atom is -0.481 e. The molecule has 0 aliphatic carbocycles. The van der Waals surface area contributed by atoms with Gasteiger partial charge < -0.3 is 19.9 Å². The van der Waals surface area contributed by atoms with Crippen LogP contribution in [0.25, 0.3) is 0 Å². The lowest BCUT2D eigenvalue weighted by atomic mass is 9.89. The van der Waals surface area contributed by atoms with E-state index in [0.717, 1.165) is 12.2 Å². The van der Waals surface area contributed by atoms with Gasteiger partial charge in [0.2, 0.25) is 5.91 Å². The van der Waals surface area contributed by atoms with E-state index in [1.807, 2.05) is 24.3 Å². The van der Waals surface area contributed by atoms with Crippen LogP contribution in [0.15, 0.2) is 48.5 Å². The first-order valence-electron chi connectivity index (χ1n) is 8.69. The highest BCUT2D eigenvalue weighted by atomic mass is 16.5. The number of anilines is 1. The van der Waals surface area contributed by atoms with Crippen LogP contribution >= 0.6 is 0 Å². The highest BCUT2D eigenvalue weighted by Gasteiger charge is 2.30. The molecule has 1 amide bonds. The highest BCUT2D eigenvalue weighted by Crippen LogP contribution is 2.25. The van der Waals surface area contributed by atoms with Crippen molar-refractivity contribution >= 4 is 17.6 Å². The molecule has 0 aliphatic rings. The molecule has 0 aliphatic heterocycles. The molecule has 2 aromatic rings. The van der Waals surface area contributed by atoms with Crippen LogP contribution in [0.3, 0.4) is 0 Å². The smallest absolute Gasteiger partial charge is 0.309 e. The van der Waals surface area contributed by atoms with Crippen molar-refractivity contribution in [3.63, 3.8) is 0 Å². The van der Waals surface area contributed by atoms with Gasteiger partial charge in [-0.15, -0.1) is 0 Å². The first kappa shape index (κ1) is 20.5. The molecule has 0 heterocycles. The number of carbonyl (C=O) groups is 2. The van der Waals surface area contributed by atoms with Gasteiger partial charge in [-0.1, -0.05) is 12.1 Å². The highest BCUT2D eigenvalue weighted by molar-refractivity contribution is 5.94. The van der Waals surface area contributed by atoms with Gasteiger partial charge in [-0.3, -0.25) is 9.59 Å². The number of amides is 1. The molecule has 0 radical (unpaired) electrons. The molecule has 27 heavy (non-hydrogen) atoms. The van der Waals surface area contributed by atoms with Gasteiger partial charge in [-0.05, 0) is 62.2 Å². The molecule has 0 bridgehead atoms. The summed E-state index contributed by atoms with van der Waals surface area (Å²) in [6, 6.07) is 14.7. The number of hydrogen-bond donors (Lipinski definition) is 2. The van der Waals surface area contributed by atoms with Crippen molar-refractivity contribution in [3.05, 3.63) is 54.1 Å². The molecule has 0 aromatic heterocycles. The van der Waals surface area contributed by atoms with Gasteiger partial charge in [0.1, 0.15) is 11.5 Å². The van der Waals surface area contributed by atoms with Crippen molar-refractivity contribution in [2.24, 2.45) is 5.41 Å². The molecule has 2 N–H and O–H groups in total. The Hall–Kier alpha value is -2.86. The lowest BCUT2D eigenvalue weighted by Crippen LogP contribution is -2.29. The first-order chi connectivity index (χ1) is 12.8. The third-order valence-corrected chi connectivity index (χ3v) is 4.07. The Balaban J connectivity index is 1.91. The van der Waals surface area contributed by atoms with Crippen molar-refractivity contribution in [1.82, 2.24) is 0 Å². The number of nitrogens with one attached hydrogen (secondary N) is 1. The number of methoxy groups -OCH3 is 1. The molecule has 6 nitrogen and oxygen atoms in total. The zero-order chi connectivity index (χ0) is 19.9. The van der Waals surface area contributed by atoms with E-state index in [-0.39, 0.29) is 12.3 Å². The predicted molar refractivity (Wildman–Crippen MR) is 103 cm³/mol. The molecular weight excluding hydrogens is 346 g/mol. The fourth-order valence-electron chi connectivity index (χ4n) is 2.37. The fraction of sp³-hybridized carbons (Fsp3) is 0.333. The average Bonchev–Trinajstić information content (AvgIpc) is 2.62. The summed E-state index contributed by atoms with van der Waals surface area (Å²) >= 11 is 0. The normalized spacial score (nSPS) is 11.1. The first-order valence-corrected chi connectivity index (χ1v) is 8.69. The Morgan fingerprint density at radius 2 is 1.56 bits per heavy atom. The lowest BCUT2D eigenvalue weighted by Gasteiger charge is -2.18. The van der Waals surface area contributed by atoms with Crippen molar-refractivity contribution in [1.29, 1.82) is 0 Å². The van der Waals surface area contributed by atoms with Crippen LogP contribution < -0.4 is 10.1 Å². The number of carboxylic acids is 1. The number of carboxylic acid groups (broad SMARTS) is 1. The van der Waals surface area contributed by atoms with E-state index in [1.165, 1.54) is 19.4 Å². The topological polar surface area (TPSA) is 84.9 Å². The predicted octanol–water partition coefficient (Wildman–Crippen LogP) is 4.11. The van der Waals surface area contributed by atoms with Gasteiger partial charge in [0.05, 0.1) is 12.0 Å². The summed E-state index contributed by atoms with van der Waals surface area (Å²) in [5.41, 5.74) is 0.651. The standard InChI is InChI=1S/C21H25NO5/c1-21(2,20(24)25)14-19(23)22-16-6-10-18(11-7-16)27-17-8-4-15(5-9-17)12-13-26-3/h4-11H,12-14H2,1-3H3,(H,22,23)(H,24,25). The number of aliphatic carboxylic acids is 1. The third kappa shape index (κ3) is 6.42. The van der Waals surface area contributed by atoms with Crippen LogP contribution in [0.2, 0.25) is 0 Å². The Labute approximate surface area is 159 Å². The van der Waals surface area contributed by atoms with Crippen LogP contribution in [0, 0.1) is 5.41 Å². The van der Waals surface area contributed by atoms with Crippen LogP contribution in [0.4, 0.5) is 5.69 Å². The molecule has 144 valence electrons. The number of hydrogen-bond acceptors (Lipinski definition) is 4. The van der Waals surface area contributed by atoms with Gasteiger partial charge >= 0.3 is 5.97 Å². The molecule has 6 heteroatoms. The largest absolute Gasteiger partial charge is 0.481 e. The Morgan fingerprint density at radius 1 is 1.00 bits per heavy atom. The van der Waals surface area contributed by atoms with Gasteiger partial charge in [-0.2, -0.15) is 0 Å². The fourth-order valence-corrected chi connectivity index (χ4v) is 2.37. The van der Waals surface area contributed by atoms with Gasteiger partial charge in [0, 0.05) is 19.2 Å². The second-order valence-corrected chi connectivity index (χ2v) is 6.93. The number of carbonyl (C=O) groups excluding carboxylic acids is 1. The molecule has 0 fully saturated rings. The zero-order valence-electron chi connectivity index (χ0n) is 15.8. The van der Waals surface area contributed by atoms with Gasteiger partial charge in [0.25, 0.3) is 0 Å². The zero-order valence-corrected chi connectivity index (χ0v) is 15.8. The molecular formula is C21H25NO5. The molecule has 2 rings (SSSR count). The van der Waals surface area contributed by atoms with E-state index in [0.29, 0.717) is 18.0 Å². The second-order valence-electron chi connectivity index (χ2n) is 6.93. The number of ether oxygens (including phenoxy) is 2. The summed E-state index contributed by atoms with van der Waals surface area (Å²) in [6.45, 7) is 3.72. The monoisotopic (exact) mass is 371 g/mol. The maximum absolute atomic E-state index is 12.0. The van der Waals surface area contributed by atoms with E-state index in [4.69, 9.17) is 14.6 Å². The van der Waals surface area contributed by atoms with E-state index < -0.39 is 11.4 Å². The summed E-state index contributed by atoms with van der Waals surface area (Å²) in [6.07, 6.45) is 0.750. The van der Waals surface area contributed by atoms with E-state index in [1.54, 1.807) is 31.4 Å². The Morgan fingerprint density at radius 3 is 2.07 bits per heavy atom. The van der Waals surface area contributed by atoms with Gasteiger partial charge in [0.15, 0.2) is 0 Å². The lowest BCUT2D eigenvalue weighted by molar-refractivity contribution is -0.148. The van der Waals surface area contributed by atoms with E-state index in [2.05, 4.69) is 5.32 Å². The summed E-state index contributed by atoms with van der Waals surface area (Å²) in [5.74, 6) is 0.0111. The SMILES string of the molecule is COCCc1ccc(Oc2ccc(NC(=O)CC(C)(C)C(=O)O)cc2)cc1. The molecule has 2 aromatic carbocycles. The summed E-state index contributed by atoms with van der Waals surface area (Å²) < 4.78 is 10.8. The van der Waals surface area contributed by atoms with Crippen LogP contribution in [0.1, 0.15) is 25.8 Å². The molecule has 0 unspecified atom stereocenters. The van der Waals surface area contributed by atoms with Crippen molar-refractivity contribution in [2.45, 2.75) is 26.7 Å². The molecule has 0 saturated carbocycles. The van der Waals surface area contributed by atoms with E-state index in [9.17, 15) is 9.59 Å². The number of benzene rings is 2. The molecule has 0 saturated heterocycles. The summed E-state index contributed by atoms with van der Waals surface area (Å²) in [5, 5.41) is 11.8. The maximum atomic E-state index is 12.0. The summed E-state index contributed by atoms with van der Waals surface area (Å²) in [7, 11) is 1.68. The van der Waals surface area contributed by atoms with Crippen molar-refractivity contribution < 1.29 is 24.2 Å². The Kier molecular flexibility index (Phi) is 6.96.